The number of para-hydroxylation sites is 1. The lowest BCUT2D eigenvalue weighted by Crippen LogP contribution is -2.09. The molecule has 0 bridgehead atoms. The first-order valence-corrected chi connectivity index (χ1v) is 8.19. The number of halogens is 1. The van der Waals surface area contributed by atoms with Gasteiger partial charge in [0, 0.05) is 22.4 Å². The predicted octanol–water partition coefficient (Wildman–Crippen LogP) is 5.43. The van der Waals surface area contributed by atoms with E-state index in [1.165, 1.54) is 15.6 Å². The molecule has 1 aromatic heterocycles. The Hall–Kier alpha value is -1.97. The maximum absolute atomic E-state index is 6.02. The molecule has 1 aliphatic heterocycles. The molecule has 4 rings (SSSR count). The molecule has 0 amide bonds. The van der Waals surface area contributed by atoms with Crippen LogP contribution in [0.5, 0.6) is 0 Å². The van der Waals surface area contributed by atoms with E-state index in [4.69, 9.17) is 16.6 Å². The summed E-state index contributed by atoms with van der Waals surface area (Å²) >= 11 is 7.79. The molecule has 0 aliphatic carbocycles. The van der Waals surface area contributed by atoms with E-state index >= 15 is 0 Å². The maximum atomic E-state index is 6.02. The number of anilines is 1. The topological polar surface area (TPSA) is 16.1 Å². The highest BCUT2D eigenvalue weighted by atomic mass is 35.5. The summed E-state index contributed by atoms with van der Waals surface area (Å²) in [6, 6.07) is 18.3. The number of benzene rings is 2. The zero-order valence-corrected chi connectivity index (χ0v) is 13.5. The van der Waals surface area contributed by atoms with E-state index in [2.05, 4.69) is 48.4 Å². The number of thioether (sulfide) groups is 1. The molecule has 0 saturated carbocycles. The monoisotopic (exact) mass is 324 g/mol. The molecule has 0 atom stereocenters. The van der Waals surface area contributed by atoms with Crippen molar-refractivity contribution in [2.45, 2.75) is 4.90 Å². The highest BCUT2D eigenvalue weighted by Gasteiger charge is 2.21. The van der Waals surface area contributed by atoms with Gasteiger partial charge >= 0.3 is 0 Å². The lowest BCUT2D eigenvalue weighted by molar-refractivity contribution is 1.18. The van der Waals surface area contributed by atoms with Gasteiger partial charge in [-0.2, -0.15) is 0 Å². The smallest absolute Gasteiger partial charge is 0.0820 e. The summed E-state index contributed by atoms with van der Waals surface area (Å²) in [6.45, 7) is 0. The van der Waals surface area contributed by atoms with Crippen molar-refractivity contribution in [3.63, 3.8) is 0 Å². The van der Waals surface area contributed by atoms with Gasteiger partial charge in [0.25, 0.3) is 0 Å². The van der Waals surface area contributed by atoms with Crippen LogP contribution in [0.1, 0.15) is 5.69 Å². The minimum atomic E-state index is 0.738. The number of fused-ring (bicyclic) bond motifs is 2. The molecule has 0 radical (unpaired) electrons. The summed E-state index contributed by atoms with van der Waals surface area (Å²) in [7, 11) is 2.09. The zero-order chi connectivity index (χ0) is 15.1. The van der Waals surface area contributed by atoms with E-state index in [9.17, 15) is 0 Å². The van der Waals surface area contributed by atoms with Gasteiger partial charge in [0.05, 0.1) is 21.9 Å². The van der Waals surface area contributed by atoms with Crippen LogP contribution >= 0.6 is 23.4 Å². The van der Waals surface area contributed by atoms with E-state index in [1.54, 1.807) is 11.8 Å². The molecule has 0 spiro atoms. The van der Waals surface area contributed by atoms with Crippen molar-refractivity contribution in [3.05, 3.63) is 70.3 Å². The van der Waals surface area contributed by atoms with E-state index in [0.717, 1.165) is 21.6 Å². The highest BCUT2D eigenvalue weighted by Crippen LogP contribution is 2.45. The fourth-order valence-electron chi connectivity index (χ4n) is 2.57. The summed E-state index contributed by atoms with van der Waals surface area (Å²) in [4.78, 5) is 8.19. The minimum Gasteiger partial charge on any atom is -0.338 e. The second-order valence-electron chi connectivity index (χ2n) is 5.18. The molecule has 3 aromatic rings. The average molecular weight is 325 g/mol. The Morgan fingerprint density at radius 1 is 1.09 bits per heavy atom. The third-order valence-corrected chi connectivity index (χ3v) is 5.12. The molecule has 2 heterocycles. The second kappa shape index (κ2) is 5.34. The van der Waals surface area contributed by atoms with Crippen LogP contribution in [0.25, 0.3) is 17.0 Å². The van der Waals surface area contributed by atoms with Gasteiger partial charge in [0.1, 0.15) is 0 Å². The Morgan fingerprint density at radius 3 is 2.82 bits per heavy atom. The van der Waals surface area contributed by atoms with Gasteiger partial charge in [0.15, 0.2) is 0 Å². The summed E-state index contributed by atoms with van der Waals surface area (Å²) in [5.74, 6) is 0. The zero-order valence-electron chi connectivity index (χ0n) is 12.0. The van der Waals surface area contributed by atoms with Crippen LogP contribution in [-0.2, 0) is 0 Å². The number of pyridine rings is 1. The van der Waals surface area contributed by atoms with Crippen LogP contribution in [0.4, 0.5) is 5.69 Å². The molecule has 0 N–H and O–H groups in total. The van der Waals surface area contributed by atoms with Crippen LogP contribution in [-0.4, -0.2) is 12.0 Å². The third kappa shape index (κ3) is 2.36. The van der Waals surface area contributed by atoms with Crippen molar-refractivity contribution in [1.82, 2.24) is 4.98 Å². The standard InChI is InChI=1S/C18H13ClN2S/c1-21-16-4-2-3-5-17(16)22-18(21)11-14-8-6-12-10-13(19)7-9-15(12)20-14/h2-11H,1H3. The molecule has 2 nitrogen and oxygen atoms in total. The van der Waals surface area contributed by atoms with Crippen molar-refractivity contribution in [2.24, 2.45) is 0 Å². The fourth-order valence-corrected chi connectivity index (χ4v) is 3.84. The number of hydrogen-bond donors (Lipinski definition) is 0. The van der Waals surface area contributed by atoms with Gasteiger partial charge in [0.2, 0.25) is 0 Å². The van der Waals surface area contributed by atoms with E-state index < -0.39 is 0 Å². The molecular weight excluding hydrogens is 312 g/mol. The number of hydrogen-bond acceptors (Lipinski definition) is 3. The van der Waals surface area contributed by atoms with Gasteiger partial charge in [-0.15, -0.1) is 0 Å². The first-order chi connectivity index (χ1) is 10.7. The van der Waals surface area contributed by atoms with Gasteiger partial charge < -0.3 is 4.90 Å². The van der Waals surface area contributed by atoms with Crippen LogP contribution in [0.3, 0.4) is 0 Å². The summed E-state index contributed by atoms with van der Waals surface area (Å²) in [6.07, 6.45) is 2.12. The Kier molecular flexibility index (Phi) is 3.32. The van der Waals surface area contributed by atoms with Gasteiger partial charge in [-0.1, -0.05) is 41.6 Å². The lowest BCUT2D eigenvalue weighted by Gasteiger charge is -2.13. The molecular formula is C18H13ClN2S. The Bertz CT molecular complexity index is 904. The Morgan fingerprint density at radius 2 is 1.95 bits per heavy atom. The van der Waals surface area contributed by atoms with Crippen molar-refractivity contribution in [3.8, 4) is 0 Å². The van der Waals surface area contributed by atoms with Gasteiger partial charge in [-0.3, -0.25) is 0 Å². The second-order valence-corrected chi connectivity index (χ2v) is 6.68. The molecule has 1 aliphatic rings. The predicted molar refractivity (Wildman–Crippen MR) is 95.4 cm³/mol. The summed E-state index contributed by atoms with van der Waals surface area (Å²) < 4.78 is 0. The highest BCUT2D eigenvalue weighted by molar-refractivity contribution is 8.03. The van der Waals surface area contributed by atoms with E-state index in [1.807, 2.05) is 24.3 Å². The van der Waals surface area contributed by atoms with E-state index in [-0.39, 0.29) is 0 Å². The third-order valence-electron chi connectivity index (χ3n) is 3.72. The van der Waals surface area contributed by atoms with Gasteiger partial charge in [-0.05, 0) is 42.5 Å². The van der Waals surface area contributed by atoms with Crippen LogP contribution in [0, 0.1) is 0 Å². The summed E-state index contributed by atoms with van der Waals surface area (Å²) in [5, 5.41) is 2.98. The van der Waals surface area contributed by atoms with Crippen LogP contribution in [0.2, 0.25) is 5.02 Å². The molecule has 4 heteroatoms. The Labute approximate surface area is 138 Å². The largest absolute Gasteiger partial charge is 0.338 e. The van der Waals surface area contributed by atoms with Crippen molar-refractivity contribution in [2.75, 3.05) is 11.9 Å². The number of aromatic nitrogens is 1. The number of rotatable bonds is 1. The fraction of sp³-hybridized carbons (Fsp3) is 0.0556. The van der Waals surface area contributed by atoms with Crippen molar-refractivity contribution < 1.29 is 0 Å². The lowest BCUT2D eigenvalue weighted by atomic mass is 10.2. The van der Waals surface area contributed by atoms with Crippen molar-refractivity contribution >= 4 is 46.0 Å². The van der Waals surface area contributed by atoms with Crippen LogP contribution < -0.4 is 4.90 Å². The summed E-state index contributed by atoms with van der Waals surface area (Å²) in [5.41, 5.74) is 3.16. The minimum absolute atomic E-state index is 0.738. The van der Waals surface area contributed by atoms with E-state index in [0.29, 0.717) is 0 Å². The Balaban J connectivity index is 1.73. The first kappa shape index (κ1) is 13.7. The molecule has 0 unspecified atom stereocenters. The molecule has 2 aromatic carbocycles. The van der Waals surface area contributed by atoms with Crippen molar-refractivity contribution in [1.29, 1.82) is 0 Å². The maximum Gasteiger partial charge on any atom is 0.0820 e. The molecule has 0 saturated heterocycles. The average Bonchev–Trinajstić information content (AvgIpc) is 2.84. The normalized spacial score (nSPS) is 15.5. The molecule has 22 heavy (non-hydrogen) atoms. The van der Waals surface area contributed by atoms with Gasteiger partial charge in [-0.25, -0.2) is 4.98 Å². The molecule has 108 valence electrons. The number of nitrogens with zero attached hydrogens (tertiary/aromatic N) is 2. The van der Waals surface area contributed by atoms with Crippen LogP contribution in [0.15, 0.2) is 64.5 Å². The quantitative estimate of drug-likeness (QED) is 0.594. The SMILES string of the molecule is CN1C(=Cc2ccc3cc(Cl)ccc3n2)Sc2ccccc21. The molecule has 0 fully saturated rings. The first-order valence-electron chi connectivity index (χ1n) is 6.99.